The van der Waals surface area contributed by atoms with Gasteiger partial charge in [-0.2, -0.15) is 13.2 Å². The molecule has 19 heavy (non-hydrogen) atoms. The van der Waals surface area contributed by atoms with Gasteiger partial charge in [0.25, 0.3) is 0 Å². The van der Waals surface area contributed by atoms with Crippen molar-refractivity contribution in [2.75, 3.05) is 13.6 Å². The molecule has 2 N–H and O–H groups in total. The van der Waals surface area contributed by atoms with Gasteiger partial charge < -0.3 is 5.32 Å². The molecule has 0 atom stereocenters. The van der Waals surface area contributed by atoms with E-state index in [0.29, 0.717) is 12.1 Å². The van der Waals surface area contributed by atoms with Gasteiger partial charge in [0.15, 0.2) is 0 Å². The molecule has 0 fully saturated rings. The molecule has 4 nitrogen and oxygen atoms in total. The highest BCUT2D eigenvalue weighted by atomic mass is 32.2. The van der Waals surface area contributed by atoms with E-state index in [1.54, 1.807) is 31.3 Å². The van der Waals surface area contributed by atoms with E-state index in [-0.39, 0.29) is 0 Å². The van der Waals surface area contributed by atoms with Crippen LogP contribution < -0.4 is 10.0 Å². The fourth-order valence-corrected chi connectivity index (χ4v) is 2.54. The number of halogens is 3. The minimum Gasteiger partial charge on any atom is -0.316 e. The summed E-state index contributed by atoms with van der Waals surface area (Å²) in [6.07, 6.45) is -4.55. The van der Waals surface area contributed by atoms with Gasteiger partial charge in [0.2, 0.25) is 10.0 Å². The minimum atomic E-state index is -4.55. The second-order valence-electron chi connectivity index (χ2n) is 4.04. The second kappa shape index (κ2) is 6.36. The zero-order valence-corrected chi connectivity index (χ0v) is 11.1. The summed E-state index contributed by atoms with van der Waals surface area (Å²) in [6.45, 7) is -0.910. The van der Waals surface area contributed by atoms with E-state index >= 15 is 0 Å². The van der Waals surface area contributed by atoms with Gasteiger partial charge in [0.05, 0.1) is 5.75 Å². The molecule has 1 rings (SSSR count). The molecule has 0 radical (unpaired) electrons. The van der Waals surface area contributed by atoms with E-state index in [1.165, 1.54) is 4.72 Å². The summed E-state index contributed by atoms with van der Waals surface area (Å²) in [5.74, 6) is -0.469. The topological polar surface area (TPSA) is 58.2 Å². The molecule has 0 saturated heterocycles. The number of sulfonamides is 1. The largest absolute Gasteiger partial charge is 0.402 e. The number of benzene rings is 1. The maximum Gasteiger partial charge on any atom is 0.402 e. The van der Waals surface area contributed by atoms with E-state index in [1.807, 2.05) is 0 Å². The summed E-state index contributed by atoms with van der Waals surface area (Å²) in [7, 11) is -2.20. The lowest BCUT2D eigenvalue weighted by molar-refractivity contribution is -0.121. The van der Waals surface area contributed by atoms with Crippen LogP contribution in [0.5, 0.6) is 0 Å². The Morgan fingerprint density at radius 3 is 2.11 bits per heavy atom. The lowest BCUT2D eigenvalue weighted by Crippen LogP contribution is -2.34. The number of hydrogen-bond donors (Lipinski definition) is 2. The third kappa shape index (κ3) is 6.55. The van der Waals surface area contributed by atoms with Crippen LogP contribution in [-0.2, 0) is 22.3 Å². The maximum atomic E-state index is 11.9. The smallest absolute Gasteiger partial charge is 0.316 e. The quantitative estimate of drug-likeness (QED) is 0.834. The van der Waals surface area contributed by atoms with Crippen LogP contribution in [0.2, 0.25) is 0 Å². The van der Waals surface area contributed by atoms with E-state index in [0.717, 1.165) is 5.56 Å². The first-order chi connectivity index (χ1) is 8.72. The summed E-state index contributed by atoms with van der Waals surface area (Å²) in [5.41, 5.74) is 1.40. The van der Waals surface area contributed by atoms with Gasteiger partial charge >= 0.3 is 6.18 Å². The van der Waals surface area contributed by atoms with Crippen molar-refractivity contribution in [3.8, 4) is 0 Å². The summed E-state index contributed by atoms with van der Waals surface area (Å²) < 4.78 is 60.2. The number of hydrogen-bond acceptors (Lipinski definition) is 3. The van der Waals surface area contributed by atoms with E-state index in [9.17, 15) is 21.6 Å². The number of rotatable bonds is 6. The first-order valence-electron chi connectivity index (χ1n) is 5.48. The van der Waals surface area contributed by atoms with Crippen molar-refractivity contribution < 1.29 is 21.6 Å². The van der Waals surface area contributed by atoms with Gasteiger partial charge in [0.1, 0.15) is 6.54 Å². The number of alkyl halides is 3. The maximum absolute atomic E-state index is 11.9. The fourth-order valence-electron chi connectivity index (χ4n) is 1.42. The van der Waals surface area contributed by atoms with Crippen molar-refractivity contribution in [3.63, 3.8) is 0 Å². The molecule has 8 heteroatoms. The second-order valence-corrected chi connectivity index (χ2v) is 5.85. The summed E-state index contributed by atoms with van der Waals surface area (Å²) >= 11 is 0. The SMILES string of the molecule is CNCc1ccc(CS(=O)(=O)NCC(F)(F)F)cc1. The molecule has 1 aromatic rings. The van der Waals surface area contributed by atoms with Crippen LogP contribution in [-0.4, -0.2) is 28.2 Å². The molecule has 0 aliphatic carbocycles. The molecule has 0 aromatic heterocycles. The highest BCUT2D eigenvalue weighted by Gasteiger charge is 2.29. The zero-order chi connectivity index (χ0) is 14.5. The number of nitrogens with one attached hydrogen (secondary N) is 2. The van der Waals surface area contributed by atoms with Crippen molar-refractivity contribution in [1.29, 1.82) is 0 Å². The van der Waals surface area contributed by atoms with Crippen molar-refractivity contribution in [1.82, 2.24) is 10.0 Å². The first-order valence-corrected chi connectivity index (χ1v) is 7.13. The lowest BCUT2D eigenvalue weighted by atomic mass is 10.1. The minimum absolute atomic E-state index is 0.439. The Balaban J connectivity index is 2.62. The molecule has 0 spiro atoms. The summed E-state index contributed by atoms with van der Waals surface area (Å²) in [6, 6.07) is 6.62. The molecular weight excluding hydrogens is 281 g/mol. The third-order valence-electron chi connectivity index (χ3n) is 2.25. The highest BCUT2D eigenvalue weighted by Crippen LogP contribution is 2.14. The average Bonchev–Trinajstić information content (AvgIpc) is 2.29. The molecule has 108 valence electrons. The molecule has 0 bridgehead atoms. The molecule has 0 aliphatic heterocycles. The van der Waals surface area contributed by atoms with Gasteiger partial charge in [-0.1, -0.05) is 24.3 Å². The van der Waals surface area contributed by atoms with Crippen LogP contribution in [0.1, 0.15) is 11.1 Å². The standard InChI is InChI=1S/C11H15F3N2O2S/c1-15-6-9-2-4-10(5-3-9)7-19(17,18)16-8-11(12,13)14/h2-5,15-16H,6-8H2,1H3. The van der Waals surface area contributed by atoms with Gasteiger partial charge in [0, 0.05) is 6.54 Å². The van der Waals surface area contributed by atoms with Crippen molar-refractivity contribution >= 4 is 10.0 Å². The Morgan fingerprint density at radius 2 is 1.63 bits per heavy atom. The predicted octanol–water partition coefficient (Wildman–Crippen LogP) is 1.39. The van der Waals surface area contributed by atoms with Crippen LogP contribution in [0.4, 0.5) is 13.2 Å². The molecular formula is C11H15F3N2O2S. The Hall–Kier alpha value is -1.12. The van der Waals surface area contributed by atoms with Gasteiger partial charge in [-0.05, 0) is 18.2 Å². The highest BCUT2D eigenvalue weighted by molar-refractivity contribution is 7.88. The van der Waals surface area contributed by atoms with Crippen LogP contribution in [0.25, 0.3) is 0 Å². The Kier molecular flexibility index (Phi) is 5.33. The summed E-state index contributed by atoms with van der Waals surface area (Å²) in [5, 5.41) is 2.93. The third-order valence-corrected chi connectivity index (χ3v) is 3.55. The Bertz CT molecular complexity index is 498. The monoisotopic (exact) mass is 296 g/mol. The fraction of sp³-hybridized carbons (Fsp3) is 0.455. The van der Waals surface area contributed by atoms with E-state index in [2.05, 4.69) is 5.32 Å². The van der Waals surface area contributed by atoms with Gasteiger partial charge in [-0.15, -0.1) is 0 Å². The van der Waals surface area contributed by atoms with Crippen LogP contribution in [0.3, 0.4) is 0 Å². The molecule has 0 saturated carbocycles. The Morgan fingerprint density at radius 1 is 1.11 bits per heavy atom. The van der Waals surface area contributed by atoms with Crippen molar-refractivity contribution in [3.05, 3.63) is 35.4 Å². The zero-order valence-electron chi connectivity index (χ0n) is 10.3. The van der Waals surface area contributed by atoms with Crippen LogP contribution >= 0.6 is 0 Å². The molecule has 0 heterocycles. The van der Waals surface area contributed by atoms with Gasteiger partial charge in [-0.25, -0.2) is 13.1 Å². The van der Waals surface area contributed by atoms with Crippen molar-refractivity contribution in [2.24, 2.45) is 0 Å². The first kappa shape index (κ1) is 15.9. The summed E-state index contributed by atoms with van der Waals surface area (Å²) in [4.78, 5) is 0. The average molecular weight is 296 g/mol. The molecule has 0 amide bonds. The Labute approximate surface area is 110 Å². The van der Waals surface area contributed by atoms with Crippen LogP contribution in [0, 0.1) is 0 Å². The van der Waals surface area contributed by atoms with E-state index < -0.39 is 28.5 Å². The molecule has 0 aliphatic rings. The predicted molar refractivity (Wildman–Crippen MR) is 65.9 cm³/mol. The van der Waals surface area contributed by atoms with Crippen molar-refractivity contribution in [2.45, 2.75) is 18.5 Å². The van der Waals surface area contributed by atoms with E-state index in [4.69, 9.17) is 0 Å². The molecule has 1 aromatic carbocycles. The van der Waals surface area contributed by atoms with Crippen LogP contribution in [0.15, 0.2) is 24.3 Å². The molecule has 0 unspecified atom stereocenters. The van der Waals surface area contributed by atoms with Gasteiger partial charge in [-0.3, -0.25) is 0 Å². The lowest BCUT2D eigenvalue weighted by Gasteiger charge is -2.09. The normalized spacial score (nSPS) is 12.6.